The number of ether oxygens (including phenoxy) is 1. The molecule has 0 spiro atoms. The molecule has 13 heteroatoms. The molecule has 1 saturated heterocycles. The number of carbonyl (C=O) groups is 3. The molecule has 1 N–H and O–H groups in total. The summed E-state index contributed by atoms with van der Waals surface area (Å²) in [6, 6.07) is 12.0. The summed E-state index contributed by atoms with van der Waals surface area (Å²) in [4.78, 5) is 39.7. The third-order valence-electron chi connectivity index (χ3n) is 7.41. The number of nitrogens with one attached hydrogen (secondary N) is 1. The van der Waals surface area contributed by atoms with E-state index in [1.807, 2.05) is 35.9 Å². The van der Waals surface area contributed by atoms with Gasteiger partial charge in [-0.3, -0.25) is 14.4 Å². The fraction of sp³-hybridized carbons (Fsp3) is 0.310. The molecule has 10 nitrogen and oxygen atoms in total. The summed E-state index contributed by atoms with van der Waals surface area (Å²) in [6.07, 6.45) is 2.35. The molecule has 2 radical (unpaired) electrons. The van der Waals surface area contributed by atoms with Crippen LogP contribution in [0, 0.1) is 0 Å². The van der Waals surface area contributed by atoms with Crippen LogP contribution < -0.4 is 5.32 Å². The van der Waals surface area contributed by atoms with Gasteiger partial charge < -0.3 is 28.7 Å². The van der Waals surface area contributed by atoms with Crippen LogP contribution in [0.25, 0.3) is 10.9 Å². The van der Waals surface area contributed by atoms with Gasteiger partial charge in [-0.1, -0.05) is 46.6 Å². The van der Waals surface area contributed by atoms with Crippen LogP contribution >= 0.6 is 23.2 Å². The van der Waals surface area contributed by atoms with Gasteiger partial charge in [0.1, 0.15) is 11.5 Å². The largest absolute Gasteiger partial charge is 0.543 e. The lowest BCUT2D eigenvalue weighted by atomic mass is 10.1. The number of fused-ring (bicyclic) bond motifs is 1. The first-order chi connectivity index (χ1) is 20.2. The van der Waals surface area contributed by atoms with E-state index in [1.165, 1.54) is 0 Å². The highest BCUT2D eigenvalue weighted by Crippen LogP contribution is 2.36. The molecule has 2 amide bonds. The van der Waals surface area contributed by atoms with Gasteiger partial charge in [0.05, 0.1) is 41.3 Å². The Hall–Kier alpha value is -3.80. The molecule has 0 bridgehead atoms. The van der Waals surface area contributed by atoms with Gasteiger partial charge in [-0.05, 0) is 23.8 Å². The molecule has 216 valence electrons. The summed E-state index contributed by atoms with van der Waals surface area (Å²) in [5.41, 5.74) is 2.82. The van der Waals surface area contributed by atoms with Crippen LogP contribution in [-0.4, -0.2) is 60.2 Å². The number of aryl methyl sites for hydroxylation is 2. The number of likely N-dealkylation sites (tertiary alicyclic amines) is 1. The SMILES string of the molecule is [B]OC(=O)CCc1cc([C@@H]2C[C@H](OC)CN2C(=O)Cc2cc(Cl)c(NC(=O)c3cn(C)c4ccccc34)cc2Cl)no1. The number of hydrogen-bond acceptors (Lipinski definition) is 7. The van der Waals surface area contributed by atoms with Crippen LogP contribution in [0.2, 0.25) is 10.0 Å². The Morgan fingerprint density at radius 2 is 1.95 bits per heavy atom. The third-order valence-corrected chi connectivity index (χ3v) is 8.07. The quantitative estimate of drug-likeness (QED) is 0.271. The molecule has 0 unspecified atom stereocenters. The summed E-state index contributed by atoms with van der Waals surface area (Å²) in [5.74, 6) is -0.633. The van der Waals surface area contributed by atoms with Crippen molar-refractivity contribution < 1.29 is 28.3 Å². The predicted molar refractivity (Wildman–Crippen MR) is 158 cm³/mol. The Morgan fingerprint density at radius 1 is 1.17 bits per heavy atom. The van der Waals surface area contributed by atoms with E-state index in [1.54, 1.807) is 36.4 Å². The monoisotopic (exact) mass is 608 g/mol. The van der Waals surface area contributed by atoms with Crippen LogP contribution in [0.1, 0.15) is 46.3 Å². The minimum atomic E-state index is -0.570. The first-order valence-corrected chi connectivity index (χ1v) is 13.9. The zero-order valence-corrected chi connectivity index (χ0v) is 24.4. The maximum absolute atomic E-state index is 13.5. The maximum Gasteiger partial charge on any atom is 0.378 e. The molecule has 1 aliphatic heterocycles. The van der Waals surface area contributed by atoms with Crippen molar-refractivity contribution in [2.24, 2.45) is 7.05 Å². The van der Waals surface area contributed by atoms with Gasteiger partial charge in [-0.2, -0.15) is 0 Å². The number of nitrogens with zero attached hydrogens (tertiary/aromatic N) is 3. The van der Waals surface area contributed by atoms with Gasteiger partial charge in [-0.25, -0.2) is 0 Å². The lowest BCUT2D eigenvalue weighted by Gasteiger charge is -2.23. The van der Waals surface area contributed by atoms with E-state index < -0.39 is 12.0 Å². The number of aromatic nitrogens is 2. The van der Waals surface area contributed by atoms with Crippen LogP contribution in [0.4, 0.5) is 5.69 Å². The van der Waals surface area contributed by atoms with E-state index in [2.05, 4.69) is 15.1 Å². The summed E-state index contributed by atoms with van der Waals surface area (Å²) in [7, 11) is 8.35. The fourth-order valence-corrected chi connectivity index (χ4v) is 5.67. The van der Waals surface area contributed by atoms with E-state index in [9.17, 15) is 14.4 Å². The highest BCUT2D eigenvalue weighted by molar-refractivity contribution is 6.36. The summed E-state index contributed by atoms with van der Waals surface area (Å²) >= 11 is 13.1. The second kappa shape index (κ2) is 12.6. The van der Waals surface area contributed by atoms with Gasteiger partial charge in [-0.15, -0.1) is 0 Å². The topological polar surface area (TPSA) is 116 Å². The van der Waals surface area contributed by atoms with Crippen molar-refractivity contribution in [3.05, 3.63) is 81.3 Å². The predicted octanol–water partition coefficient (Wildman–Crippen LogP) is 4.82. The maximum atomic E-state index is 13.5. The smallest absolute Gasteiger partial charge is 0.378 e. The minimum absolute atomic E-state index is 0.0317. The lowest BCUT2D eigenvalue weighted by Crippen LogP contribution is -2.33. The molecular weight excluding hydrogens is 582 g/mol. The van der Waals surface area contributed by atoms with Crippen molar-refractivity contribution in [2.75, 3.05) is 19.0 Å². The van der Waals surface area contributed by atoms with Crippen molar-refractivity contribution in [1.29, 1.82) is 0 Å². The van der Waals surface area contributed by atoms with Crippen LogP contribution in [0.3, 0.4) is 0 Å². The van der Waals surface area contributed by atoms with Crippen molar-refractivity contribution in [3.8, 4) is 0 Å². The zero-order chi connectivity index (χ0) is 30.0. The molecule has 2 aromatic carbocycles. The van der Waals surface area contributed by atoms with E-state index in [4.69, 9.17) is 40.5 Å². The van der Waals surface area contributed by atoms with E-state index in [-0.39, 0.29) is 47.2 Å². The summed E-state index contributed by atoms with van der Waals surface area (Å²) in [5, 5.41) is 8.32. The third kappa shape index (κ3) is 6.18. The van der Waals surface area contributed by atoms with Crippen molar-refractivity contribution >= 4 is 65.6 Å². The molecule has 3 heterocycles. The zero-order valence-electron chi connectivity index (χ0n) is 22.9. The Balaban J connectivity index is 1.30. The standard InChI is InChI=1S/C29H27BCl2N4O6/c1-35-15-20(19-5-3-4-6-25(19)35)29(39)33-23-13-21(31)16(9-22(23)32)10-27(37)36-14-18(40-2)12-26(36)24-11-17(42-34-24)7-8-28(38)41-30/h3-6,9,11,13,15,18,26H,7-8,10,12,14H2,1-2H3,(H,33,39)/t18-,26-/m0/s1. The summed E-state index contributed by atoms with van der Waals surface area (Å²) < 4.78 is 17.0. The van der Waals surface area contributed by atoms with Crippen LogP contribution in [0.5, 0.6) is 0 Å². The van der Waals surface area contributed by atoms with Crippen molar-refractivity contribution in [3.63, 3.8) is 0 Å². The van der Waals surface area contributed by atoms with Crippen molar-refractivity contribution in [2.45, 2.75) is 37.8 Å². The Kier molecular flexibility index (Phi) is 8.91. The first kappa shape index (κ1) is 29.7. The van der Waals surface area contributed by atoms with Gasteiger partial charge in [0.25, 0.3) is 11.9 Å². The van der Waals surface area contributed by atoms with Crippen molar-refractivity contribution in [1.82, 2.24) is 14.6 Å². The first-order valence-electron chi connectivity index (χ1n) is 13.2. The highest BCUT2D eigenvalue weighted by atomic mass is 35.5. The van der Waals surface area contributed by atoms with Gasteiger partial charge in [0.15, 0.2) is 0 Å². The average Bonchev–Trinajstić information content (AvgIpc) is 3.71. The average molecular weight is 609 g/mol. The van der Waals surface area contributed by atoms with Crippen LogP contribution in [0.15, 0.2) is 53.2 Å². The molecule has 42 heavy (non-hydrogen) atoms. The Bertz CT molecular complexity index is 1650. The number of carbonyl (C=O) groups excluding carboxylic acids is 3. The number of benzene rings is 2. The highest BCUT2D eigenvalue weighted by Gasteiger charge is 2.38. The normalized spacial score (nSPS) is 16.6. The number of hydrogen-bond donors (Lipinski definition) is 1. The molecule has 1 aliphatic rings. The van der Waals surface area contributed by atoms with Gasteiger partial charge in [0.2, 0.25) is 5.91 Å². The molecule has 4 aromatic rings. The molecular formula is C29H27BCl2N4O6. The number of halogens is 2. The molecule has 1 fully saturated rings. The van der Waals surface area contributed by atoms with Gasteiger partial charge in [0, 0.05) is 61.7 Å². The number of para-hydroxylation sites is 1. The van der Waals surface area contributed by atoms with Crippen LogP contribution in [-0.2, 0) is 38.9 Å². The van der Waals surface area contributed by atoms with Gasteiger partial charge >= 0.3 is 8.05 Å². The second-order valence-corrected chi connectivity index (χ2v) is 10.9. The number of methoxy groups -OCH3 is 1. The molecule has 0 aliphatic carbocycles. The van der Waals surface area contributed by atoms with E-state index >= 15 is 0 Å². The van der Waals surface area contributed by atoms with E-state index in [0.717, 1.165) is 10.9 Å². The number of amides is 2. The number of anilines is 1. The molecule has 0 saturated carbocycles. The number of rotatable bonds is 9. The Morgan fingerprint density at radius 3 is 2.71 bits per heavy atom. The Labute approximate surface area is 253 Å². The minimum Gasteiger partial charge on any atom is -0.543 e. The molecule has 2 aromatic heterocycles. The lowest BCUT2D eigenvalue weighted by molar-refractivity contribution is -0.134. The molecule has 5 rings (SSSR count). The fourth-order valence-electron chi connectivity index (χ4n) is 5.21. The second-order valence-electron chi connectivity index (χ2n) is 10.1. The summed E-state index contributed by atoms with van der Waals surface area (Å²) in [6.45, 7) is 0.353. The molecule has 2 atom stereocenters. The van der Waals surface area contributed by atoms with E-state index in [0.29, 0.717) is 41.2 Å².